The third-order valence-electron chi connectivity index (χ3n) is 3.01. The van der Waals surface area contributed by atoms with Crippen LogP contribution in [-0.2, 0) is 0 Å². The summed E-state index contributed by atoms with van der Waals surface area (Å²) in [5.41, 5.74) is 1.55. The van der Waals surface area contributed by atoms with Gasteiger partial charge in [0.05, 0.1) is 5.88 Å². The van der Waals surface area contributed by atoms with E-state index < -0.39 is 11.1 Å². The summed E-state index contributed by atoms with van der Waals surface area (Å²) in [5.74, 6) is -1.14. The third-order valence-corrected chi connectivity index (χ3v) is 3.47. The van der Waals surface area contributed by atoms with E-state index in [-0.39, 0.29) is 37.9 Å². The lowest BCUT2D eigenvalue weighted by atomic mass is 10.1. The van der Waals surface area contributed by atoms with Crippen LogP contribution in [0.3, 0.4) is 0 Å². The van der Waals surface area contributed by atoms with Gasteiger partial charge < -0.3 is 0 Å². The highest BCUT2D eigenvalue weighted by Crippen LogP contribution is 2.11. The van der Waals surface area contributed by atoms with Gasteiger partial charge in [0.1, 0.15) is 11.6 Å². The molecule has 0 atom stereocenters. The number of carbonyl (C=O) groups is 2. The van der Waals surface area contributed by atoms with Gasteiger partial charge in [-0.2, -0.15) is 0 Å². The molecule has 0 saturated heterocycles. The van der Waals surface area contributed by atoms with E-state index >= 15 is 0 Å². The molecule has 2 aromatic rings. The number of benzene rings is 2. The molecule has 2 rings (SSSR count). The summed E-state index contributed by atoms with van der Waals surface area (Å²) in [7, 11) is 0. The fourth-order valence-electron chi connectivity index (χ4n) is 1.56. The number of ketones is 1. The molecule has 2 aromatic carbocycles. The van der Waals surface area contributed by atoms with Crippen molar-refractivity contribution < 1.29 is 18.4 Å². The molecule has 0 aliphatic heterocycles. The number of hydrogen-bond donors (Lipinski definition) is 0. The highest BCUT2D eigenvalue weighted by atomic mass is 35.5. The van der Waals surface area contributed by atoms with Crippen LogP contribution in [0.25, 0.3) is 0 Å². The highest BCUT2D eigenvalue weighted by Gasteiger charge is 2.06. The number of carbonyl (C=O) groups excluding carboxylic acids is 2. The van der Waals surface area contributed by atoms with Gasteiger partial charge >= 0.3 is 0 Å². The number of Topliss-reactive ketones (excluding diaryl/α,β-unsaturated/α-hetero) is 1. The largest absolute Gasteiger partial charge is 0.293 e. The van der Waals surface area contributed by atoms with Crippen molar-refractivity contribution in [3.05, 3.63) is 70.3 Å². The molecular weight excluding hydrogens is 369 g/mol. The summed E-state index contributed by atoms with van der Waals surface area (Å²) in [4.78, 5) is 21.5. The van der Waals surface area contributed by atoms with Crippen molar-refractivity contribution in [2.75, 3.05) is 5.88 Å². The van der Waals surface area contributed by atoms with E-state index in [0.717, 1.165) is 6.07 Å². The third kappa shape index (κ3) is 7.76. The van der Waals surface area contributed by atoms with Crippen LogP contribution in [0.1, 0.15) is 46.7 Å². The molecule has 138 valence electrons. The zero-order chi connectivity index (χ0) is 17.6. The Morgan fingerprint density at radius 1 is 0.880 bits per heavy atom. The minimum absolute atomic E-state index is 0. The molecule has 25 heavy (non-hydrogen) atoms. The van der Waals surface area contributed by atoms with Gasteiger partial charge in [-0.1, -0.05) is 33.1 Å². The predicted molar refractivity (Wildman–Crippen MR) is 101 cm³/mol. The van der Waals surface area contributed by atoms with Crippen molar-refractivity contribution >= 4 is 34.2 Å². The van der Waals surface area contributed by atoms with Gasteiger partial charge in [0, 0.05) is 11.1 Å². The van der Waals surface area contributed by atoms with E-state index in [4.69, 9.17) is 23.2 Å². The number of rotatable bonds is 3. The van der Waals surface area contributed by atoms with Crippen LogP contribution in [0.15, 0.2) is 36.4 Å². The van der Waals surface area contributed by atoms with Gasteiger partial charge in [0.25, 0.3) is 5.24 Å². The molecule has 0 unspecified atom stereocenters. The molecular formula is C19H22Cl2F2O2. The molecule has 0 heterocycles. The molecule has 0 aliphatic rings. The molecule has 0 aliphatic carbocycles. The molecule has 0 aromatic heterocycles. The Labute approximate surface area is 157 Å². The van der Waals surface area contributed by atoms with Crippen LogP contribution in [0.2, 0.25) is 0 Å². The second-order valence-corrected chi connectivity index (χ2v) is 5.37. The quantitative estimate of drug-likeness (QED) is 0.348. The number of aryl methyl sites for hydroxylation is 2. The maximum Gasteiger partial charge on any atom is 0.252 e. The summed E-state index contributed by atoms with van der Waals surface area (Å²) >= 11 is 10.4. The van der Waals surface area contributed by atoms with Gasteiger partial charge in [-0.05, 0) is 54.8 Å². The van der Waals surface area contributed by atoms with Gasteiger partial charge in [-0.25, -0.2) is 8.78 Å². The van der Waals surface area contributed by atoms with Crippen LogP contribution in [-0.4, -0.2) is 16.9 Å². The lowest BCUT2D eigenvalue weighted by Crippen LogP contribution is -2.00. The van der Waals surface area contributed by atoms with Crippen molar-refractivity contribution in [3.63, 3.8) is 0 Å². The van der Waals surface area contributed by atoms with E-state index in [1.165, 1.54) is 18.2 Å². The highest BCUT2D eigenvalue weighted by molar-refractivity contribution is 6.67. The van der Waals surface area contributed by atoms with Crippen molar-refractivity contribution in [3.8, 4) is 0 Å². The predicted octanol–water partition coefficient (Wildman–Crippen LogP) is 6.34. The standard InChI is InChI=1S/C9H8ClFO.C8H6ClFO.2CH4/c1-6-2-3-7(4-8(6)11)9(12)5-10;1-5-2-3-6(8(9)11)4-7(5)10;;/h2-4H,5H2,1H3;2-4H,1H3;2*1H4. The summed E-state index contributed by atoms with van der Waals surface area (Å²) in [6, 6.07) is 8.49. The summed E-state index contributed by atoms with van der Waals surface area (Å²) in [6.07, 6.45) is 0. The maximum atomic E-state index is 12.9. The Morgan fingerprint density at radius 3 is 1.64 bits per heavy atom. The van der Waals surface area contributed by atoms with E-state index in [1.54, 1.807) is 26.0 Å². The minimum atomic E-state index is -0.635. The first-order valence-corrected chi connectivity index (χ1v) is 7.48. The van der Waals surface area contributed by atoms with Crippen LogP contribution < -0.4 is 0 Å². The lowest BCUT2D eigenvalue weighted by Gasteiger charge is -1.99. The second kappa shape index (κ2) is 11.7. The smallest absolute Gasteiger partial charge is 0.252 e. The monoisotopic (exact) mass is 390 g/mol. The zero-order valence-electron chi connectivity index (χ0n) is 12.5. The Bertz CT molecular complexity index is 731. The van der Waals surface area contributed by atoms with Gasteiger partial charge in [0.2, 0.25) is 0 Å². The van der Waals surface area contributed by atoms with E-state index in [0.29, 0.717) is 16.7 Å². The second-order valence-electron chi connectivity index (χ2n) is 4.76. The average Bonchev–Trinajstić information content (AvgIpc) is 2.52. The molecule has 0 bridgehead atoms. The van der Waals surface area contributed by atoms with E-state index in [2.05, 4.69) is 0 Å². The molecule has 0 spiro atoms. The Hall–Kier alpha value is -1.78. The zero-order valence-corrected chi connectivity index (χ0v) is 14.0. The first-order valence-electron chi connectivity index (χ1n) is 6.57. The molecule has 0 N–H and O–H groups in total. The van der Waals surface area contributed by atoms with Crippen molar-refractivity contribution in [1.29, 1.82) is 0 Å². The molecule has 0 fully saturated rings. The van der Waals surface area contributed by atoms with Gasteiger partial charge in [-0.15, -0.1) is 11.6 Å². The Kier molecular flexibility index (Phi) is 11.9. The van der Waals surface area contributed by atoms with Crippen molar-refractivity contribution in [2.24, 2.45) is 0 Å². The normalized spacial score (nSPS) is 9.04. The maximum absolute atomic E-state index is 12.9. The Morgan fingerprint density at radius 2 is 1.28 bits per heavy atom. The van der Waals surface area contributed by atoms with Gasteiger partial charge in [-0.3, -0.25) is 9.59 Å². The van der Waals surface area contributed by atoms with Crippen LogP contribution in [0, 0.1) is 25.5 Å². The van der Waals surface area contributed by atoms with E-state index in [9.17, 15) is 18.4 Å². The number of hydrogen-bond acceptors (Lipinski definition) is 2. The first-order chi connectivity index (χ1) is 10.8. The number of alkyl halides is 1. The lowest BCUT2D eigenvalue weighted by molar-refractivity contribution is 0.101. The summed E-state index contributed by atoms with van der Waals surface area (Å²) in [6.45, 7) is 3.27. The Balaban J connectivity index is 0. The van der Waals surface area contributed by atoms with Crippen molar-refractivity contribution in [1.82, 2.24) is 0 Å². The van der Waals surface area contributed by atoms with Crippen LogP contribution >= 0.6 is 23.2 Å². The molecule has 0 saturated carbocycles. The van der Waals surface area contributed by atoms with Gasteiger partial charge in [0.15, 0.2) is 5.78 Å². The van der Waals surface area contributed by atoms with Crippen LogP contribution in [0.4, 0.5) is 8.78 Å². The van der Waals surface area contributed by atoms with Crippen LogP contribution in [0.5, 0.6) is 0 Å². The fourth-order valence-corrected chi connectivity index (χ4v) is 1.83. The molecule has 2 nitrogen and oxygen atoms in total. The van der Waals surface area contributed by atoms with Crippen molar-refractivity contribution in [2.45, 2.75) is 28.7 Å². The number of halogens is 4. The summed E-state index contributed by atoms with van der Waals surface area (Å²) < 4.78 is 25.6. The first kappa shape index (κ1) is 25.5. The minimum Gasteiger partial charge on any atom is -0.293 e. The topological polar surface area (TPSA) is 34.1 Å². The molecule has 0 radical (unpaired) electrons. The SMILES string of the molecule is C.C.Cc1ccc(C(=O)CCl)cc1F.Cc1ccc(C(=O)Cl)cc1F. The molecule has 0 amide bonds. The fraction of sp³-hybridized carbons (Fsp3) is 0.263. The molecule has 6 heteroatoms. The summed E-state index contributed by atoms with van der Waals surface area (Å²) in [5, 5.41) is -0.635. The van der Waals surface area contributed by atoms with E-state index in [1.807, 2.05) is 0 Å². The average molecular weight is 391 g/mol.